The lowest BCUT2D eigenvalue weighted by molar-refractivity contribution is 0.0949. The fraction of sp³-hybridized carbons (Fsp3) is 0.222. The number of nitrogens with zero attached hydrogens (tertiary/aromatic N) is 2. The van der Waals surface area contributed by atoms with Crippen LogP contribution >= 0.6 is 0 Å². The zero-order valence-corrected chi connectivity index (χ0v) is 18.2. The first-order valence-electron chi connectivity index (χ1n) is 11.5. The van der Waals surface area contributed by atoms with Gasteiger partial charge in [0.1, 0.15) is 5.82 Å². The van der Waals surface area contributed by atoms with E-state index in [0.29, 0.717) is 23.5 Å². The van der Waals surface area contributed by atoms with Crippen LogP contribution in [0.2, 0.25) is 0 Å². The van der Waals surface area contributed by atoms with E-state index in [4.69, 9.17) is 4.98 Å². The van der Waals surface area contributed by atoms with Crippen LogP contribution in [0.4, 0.5) is 0 Å². The van der Waals surface area contributed by atoms with Crippen LogP contribution in [0.3, 0.4) is 0 Å². The Morgan fingerprint density at radius 1 is 0.939 bits per heavy atom. The van der Waals surface area contributed by atoms with Gasteiger partial charge in [-0.05, 0) is 49.7 Å². The number of hydrogen-bond acceptors (Lipinski definition) is 4. The Labute approximate surface area is 191 Å². The van der Waals surface area contributed by atoms with Crippen LogP contribution in [0.5, 0.6) is 0 Å². The zero-order valence-electron chi connectivity index (χ0n) is 18.2. The van der Waals surface area contributed by atoms with Gasteiger partial charge < -0.3 is 15.2 Å². The molecule has 2 N–H and O–H groups in total. The van der Waals surface area contributed by atoms with Gasteiger partial charge in [-0.1, -0.05) is 42.5 Å². The molecule has 1 aliphatic carbocycles. The molecule has 6 heteroatoms. The Morgan fingerprint density at radius 2 is 1.70 bits per heavy atom. The minimum Gasteiger partial charge on any atom is -0.351 e. The van der Waals surface area contributed by atoms with Crippen LogP contribution in [-0.4, -0.2) is 52.7 Å². The highest BCUT2D eigenvalue weighted by molar-refractivity contribution is 6.23. The van der Waals surface area contributed by atoms with Gasteiger partial charge in [-0.15, -0.1) is 0 Å². The van der Waals surface area contributed by atoms with Gasteiger partial charge in [-0.3, -0.25) is 9.59 Å². The van der Waals surface area contributed by atoms with Crippen LogP contribution in [0.15, 0.2) is 60.7 Å². The lowest BCUT2D eigenvalue weighted by Crippen LogP contribution is -2.33. The molecule has 1 aromatic heterocycles. The Morgan fingerprint density at radius 3 is 2.55 bits per heavy atom. The first-order valence-corrected chi connectivity index (χ1v) is 11.5. The van der Waals surface area contributed by atoms with E-state index in [9.17, 15) is 9.59 Å². The summed E-state index contributed by atoms with van der Waals surface area (Å²) < 4.78 is 0. The van der Waals surface area contributed by atoms with Gasteiger partial charge in [0.05, 0.1) is 11.0 Å². The molecule has 2 heterocycles. The summed E-state index contributed by atoms with van der Waals surface area (Å²) in [4.78, 5) is 36.0. The molecule has 0 unspecified atom stereocenters. The Balaban J connectivity index is 1.29. The second-order valence-corrected chi connectivity index (χ2v) is 8.72. The number of nitrogens with one attached hydrogen (secondary N) is 2. The molecule has 3 aromatic carbocycles. The van der Waals surface area contributed by atoms with E-state index < -0.39 is 0 Å². The molecule has 1 saturated heterocycles. The second-order valence-electron chi connectivity index (χ2n) is 8.72. The lowest BCUT2D eigenvalue weighted by atomic mass is 9.99. The molecule has 1 amide bonds. The number of benzene rings is 3. The molecular weight excluding hydrogens is 412 g/mol. The van der Waals surface area contributed by atoms with Crippen molar-refractivity contribution in [3.8, 4) is 22.5 Å². The molecule has 0 radical (unpaired) electrons. The predicted molar refractivity (Wildman–Crippen MR) is 128 cm³/mol. The molecule has 6 rings (SSSR count). The highest BCUT2D eigenvalue weighted by atomic mass is 16.1. The van der Waals surface area contributed by atoms with Crippen molar-refractivity contribution in [3.63, 3.8) is 0 Å². The minimum atomic E-state index is -0.0765. The number of H-pyrrole nitrogens is 1. The second kappa shape index (κ2) is 7.98. The van der Waals surface area contributed by atoms with Crippen LogP contribution in [0.25, 0.3) is 33.5 Å². The summed E-state index contributed by atoms with van der Waals surface area (Å²) >= 11 is 0. The maximum absolute atomic E-state index is 12.9. The Hall–Kier alpha value is -3.77. The van der Waals surface area contributed by atoms with Crippen molar-refractivity contribution in [1.82, 2.24) is 20.2 Å². The van der Waals surface area contributed by atoms with E-state index in [1.54, 1.807) is 0 Å². The summed E-state index contributed by atoms with van der Waals surface area (Å²) in [7, 11) is 0. The van der Waals surface area contributed by atoms with Gasteiger partial charge in [-0.2, -0.15) is 0 Å². The SMILES string of the molecule is O=C(NCCN1CCCC1)c1ccc2nc(-c3cccc4c3-c3ccccc3C4=O)[nH]c2c1. The highest BCUT2D eigenvalue weighted by Gasteiger charge is 2.29. The molecule has 33 heavy (non-hydrogen) atoms. The summed E-state index contributed by atoms with van der Waals surface area (Å²) in [6, 6.07) is 19.0. The predicted octanol–water partition coefficient (Wildman–Crippen LogP) is 4.27. The Kier molecular flexibility index (Phi) is 4.80. The van der Waals surface area contributed by atoms with Crippen LogP contribution in [0.1, 0.15) is 39.1 Å². The van der Waals surface area contributed by atoms with Gasteiger partial charge in [0.2, 0.25) is 0 Å². The molecule has 1 fully saturated rings. The van der Waals surface area contributed by atoms with Crippen molar-refractivity contribution in [2.75, 3.05) is 26.2 Å². The third-order valence-electron chi connectivity index (χ3n) is 6.66. The molecule has 0 spiro atoms. The number of aromatic nitrogens is 2. The fourth-order valence-electron chi connectivity index (χ4n) is 4.99. The molecule has 0 atom stereocenters. The number of aromatic amines is 1. The first kappa shape index (κ1) is 19.9. The Bertz CT molecular complexity index is 1400. The third-order valence-corrected chi connectivity index (χ3v) is 6.66. The molecule has 6 nitrogen and oxygen atoms in total. The van der Waals surface area contributed by atoms with E-state index in [2.05, 4.69) is 15.2 Å². The summed E-state index contributed by atoms with van der Waals surface area (Å²) in [5.41, 5.74) is 6.36. The largest absolute Gasteiger partial charge is 0.351 e. The molecule has 164 valence electrons. The highest BCUT2D eigenvalue weighted by Crippen LogP contribution is 2.42. The first-order chi connectivity index (χ1) is 16.2. The third kappa shape index (κ3) is 3.43. The molecule has 2 aliphatic rings. The monoisotopic (exact) mass is 436 g/mol. The number of rotatable bonds is 5. The summed E-state index contributed by atoms with van der Waals surface area (Å²) in [6.45, 7) is 3.78. The number of amides is 1. The maximum atomic E-state index is 12.9. The van der Waals surface area contributed by atoms with Crippen LogP contribution in [-0.2, 0) is 0 Å². The van der Waals surface area contributed by atoms with Gasteiger partial charge in [0, 0.05) is 40.9 Å². The van der Waals surface area contributed by atoms with E-state index in [1.165, 1.54) is 12.8 Å². The average Bonchev–Trinajstić information content (AvgIpc) is 3.57. The number of imidazole rings is 1. The standard InChI is InChI=1S/C27H24N4O2/c32-25-19-7-2-1-6-18(19)24-20(25)8-5-9-21(24)26-29-22-11-10-17(16-23(22)30-26)27(33)28-12-15-31-13-3-4-14-31/h1-2,5-11,16H,3-4,12-15H2,(H,28,33)(H,29,30). The van der Waals surface area contributed by atoms with Crippen LogP contribution < -0.4 is 5.32 Å². The number of carbonyl (C=O) groups is 2. The van der Waals surface area contributed by atoms with E-state index in [-0.39, 0.29) is 11.7 Å². The smallest absolute Gasteiger partial charge is 0.251 e. The van der Waals surface area contributed by atoms with Gasteiger partial charge >= 0.3 is 0 Å². The van der Waals surface area contributed by atoms with Gasteiger partial charge in [0.15, 0.2) is 5.78 Å². The van der Waals surface area contributed by atoms with Crippen molar-refractivity contribution in [3.05, 3.63) is 77.4 Å². The molecule has 4 aromatic rings. The minimum absolute atomic E-state index is 0.0476. The summed E-state index contributed by atoms with van der Waals surface area (Å²) in [6.07, 6.45) is 2.49. The molecule has 1 aliphatic heterocycles. The molecular formula is C27H24N4O2. The normalized spacial score (nSPS) is 15.1. The van der Waals surface area contributed by atoms with Gasteiger partial charge in [0.25, 0.3) is 5.91 Å². The zero-order chi connectivity index (χ0) is 22.4. The molecule has 0 bridgehead atoms. The number of hydrogen-bond donors (Lipinski definition) is 2. The van der Waals surface area contributed by atoms with Crippen molar-refractivity contribution >= 4 is 22.7 Å². The number of ketones is 1. The van der Waals surface area contributed by atoms with Crippen LogP contribution in [0, 0.1) is 0 Å². The van der Waals surface area contributed by atoms with Gasteiger partial charge in [-0.25, -0.2) is 4.98 Å². The van der Waals surface area contributed by atoms with E-state index in [1.807, 2.05) is 60.7 Å². The van der Waals surface area contributed by atoms with E-state index >= 15 is 0 Å². The van der Waals surface area contributed by atoms with Crippen molar-refractivity contribution in [2.24, 2.45) is 0 Å². The maximum Gasteiger partial charge on any atom is 0.251 e. The quantitative estimate of drug-likeness (QED) is 0.431. The average molecular weight is 437 g/mol. The lowest BCUT2D eigenvalue weighted by Gasteiger charge is -2.14. The van der Waals surface area contributed by atoms with Crippen molar-refractivity contribution in [2.45, 2.75) is 12.8 Å². The topological polar surface area (TPSA) is 78.1 Å². The number of carbonyl (C=O) groups excluding carboxylic acids is 2. The fourth-order valence-corrected chi connectivity index (χ4v) is 4.99. The van der Waals surface area contributed by atoms with E-state index in [0.717, 1.165) is 52.9 Å². The number of fused-ring (bicyclic) bond motifs is 4. The molecule has 0 saturated carbocycles. The summed E-state index contributed by atoms with van der Waals surface area (Å²) in [5, 5.41) is 3.03. The summed E-state index contributed by atoms with van der Waals surface area (Å²) in [5.74, 6) is 0.664. The number of likely N-dealkylation sites (tertiary alicyclic amines) is 1. The van der Waals surface area contributed by atoms with Crippen molar-refractivity contribution in [1.29, 1.82) is 0 Å². The van der Waals surface area contributed by atoms with Crippen molar-refractivity contribution < 1.29 is 9.59 Å².